The molecule has 0 radical (unpaired) electrons. The monoisotopic (exact) mass is 306 g/mol. The van der Waals surface area contributed by atoms with E-state index in [0.29, 0.717) is 6.04 Å². The summed E-state index contributed by atoms with van der Waals surface area (Å²) < 4.78 is 13.2. The number of aromatic nitrogens is 1. The van der Waals surface area contributed by atoms with Crippen molar-refractivity contribution >= 4 is 10.9 Å². The third-order valence-corrected chi connectivity index (χ3v) is 4.71. The summed E-state index contributed by atoms with van der Waals surface area (Å²) in [6, 6.07) is 17.8. The van der Waals surface area contributed by atoms with Crippen LogP contribution >= 0.6 is 0 Å². The third kappa shape index (κ3) is 2.84. The Morgan fingerprint density at radius 2 is 1.87 bits per heavy atom. The van der Waals surface area contributed by atoms with Crippen molar-refractivity contribution in [3.05, 3.63) is 77.7 Å². The molecule has 0 N–H and O–H groups in total. The Labute approximate surface area is 135 Å². The fraction of sp³-hybridized carbons (Fsp3) is 0.250. The Morgan fingerprint density at radius 3 is 2.74 bits per heavy atom. The Bertz CT molecular complexity index is 808. The predicted molar refractivity (Wildman–Crippen MR) is 90.5 cm³/mol. The van der Waals surface area contributed by atoms with Crippen molar-refractivity contribution in [3.8, 4) is 0 Å². The molecule has 1 saturated heterocycles. The maximum Gasteiger partial charge on any atom is 0.123 e. The number of pyridine rings is 1. The zero-order valence-electron chi connectivity index (χ0n) is 13.0. The van der Waals surface area contributed by atoms with E-state index in [0.717, 1.165) is 25.0 Å². The van der Waals surface area contributed by atoms with Gasteiger partial charge in [-0.25, -0.2) is 4.39 Å². The number of likely N-dealkylation sites (tertiary alicyclic amines) is 1. The lowest BCUT2D eigenvalue weighted by Crippen LogP contribution is -2.23. The van der Waals surface area contributed by atoms with Crippen LogP contribution in [0.4, 0.5) is 4.39 Å². The predicted octanol–water partition coefficient (Wildman–Crippen LogP) is 4.71. The summed E-state index contributed by atoms with van der Waals surface area (Å²) in [5.41, 5.74) is 3.55. The summed E-state index contributed by atoms with van der Waals surface area (Å²) in [6.45, 7) is 1.96. The maximum absolute atomic E-state index is 13.2. The molecule has 4 rings (SSSR count). The Balaban J connectivity index is 1.63. The van der Waals surface area contributed by atoms with Crippen LogP contribution in [0.2, 0.25) is 0 Å². The number of hydrogen-bond donors (Lipinski definition) is 0. The van der Waals surface area contributed by atoms with Gasteiger partial charge in [0.1, 0.15) is 5.82 Å². The molecule has 3 heteroatoms. The molecule has 0 unspecified atom stereocenters. The van der Waals surface area contributed by atoms with Gasteiger partial charge in [0.15, 0.2) is 0 Å². The zero-order chi connectivity index (χ0) is 15.6. The van der Waals surface area contributed by atoms with Crippen LogP contribution in [0.3, 0.4) is 0 Å². The first-order chi connectivity index (χ1) is 11.3. The zero-order valence-corrected chi connectivity index (χ0v) is 13.0. The molecule has 0 aliphatic carbocycles. The van der Waals surface area contributed by atoms with Gasteiger partial charge in [-0.1, -0.05) is 36.4 Å². The second-order valence-electron chi connectivity index (χ2n) is 6.17. The van der Waals surface area contributed by atoms with Gasteiger partial charge in [0, 0.05) is 24.2 Å². The maximum atomic E-state index is 13.2. The summed E-state index contributed by atoms with van der Waals surface area (Å²) in [5, 5.41) is 1.18. The van der Waals surface area contributed by atoms with Crippen molar-refractivity contribution in [2.75, 3.05) is 6.54 Å². The van der Waals surface area contributed by atoms with E-state index < -0.39 is 0 Å². The first kappa shape index (κ1) is 14.3. The molecule has 2 aromatic carbocycles. The van der Waals surface area contributed by atoms with Crippen LogP contribution in [0.15, 0.2) is 60.8 Å². The topological polar surface area (TPSA) is 16.1 Å². The SMILES string of the molecule is Fc1ccc([C@@H]2CCCN2Cc2cccc3cccnc23)cc1. The molecule has 1 fully saturated rings. The smallest absolute Gasteiger partial charge is 0.123 e. The number of hydrogen-bond acceptors (Lipinski definition) is 2. The second kappa shape index (κ2) is 6.09. The standard InChI is InChI=1S/C20H19FN2/c21-18-10-8-15(9-11-18)19-7-3-13-23(19)14-17-5-1-4-16-6-2-12-22-20(16)17/h1-2,4-6,8-12,19H,3,7,13-14H2/t19-/m0/s1. The van der Waals surface area contributed by atoms with Gasteiger partial charge in [-0.3, -0.25) is 9.88 Å². The van der Waals surface area contributed by atoms with Crippen molar-refractivity contribution in [2.24, 2.45) is 0 Å². The lowest BCUT2D eigenvalue weighted by molar-refractivity contribution is 0.249. The van der Waals surface area contributed by atoms with Crippen molar-refractivity contribution in [1.29, 1.82) is 0 Å². The molecule has 2 nitrogen and oxygen atoms in total. The van der Waals surface area contributed by atoms with E-state index in [2.05, 4.69) is 34.1 Å². The largest absolute Gasteiger partial charge is 0.292 e. The van der Waals surface area contributed by atoms with Crippen LogP contribution in [-0.2, 0) is 6.54 Å². The van der Waals surface area contributed by atoms with Gasteiger partial charge in [0.25, 0.3) is 0 Å². The second-order valence-corrected chi connectivity index (χ2v) is 6.17. The highest BCUT2D eigenvalue weighted by Gasteiger charge is 2.26. The molecule has 1 aliphatic rings. The molecule has 0 amide bonds. The quantitative estimate of drug-likeness (QED) is 0.696. The summed E-state index contributed by atoms with van der Waals surface area (Å²) in [5.74, 6) is -0.170. The molecular formula is C20H19FN2. The molecule has 23 heavy (non-hydrogen) atoms. The van der Waals surface area contributed by atoms with E-state index in [1.54, 1.807) is 12.1 Å². The van der Waals surface area contributed by atoms with E-state index >= 15 is 0 Å². The highest BCUT2D eigenvalue weighted by atomic mass is 19.1. The van der Waals surface area contributed by atoms with E-state index in [4.69, 9.17) is 0 Å². The molecule has 3 aromatic rings. The summed E-state index contributed by atoms with van der Waals surface area (Å²) >= 11 is 0. The molecule has 1 aliphatic heterocycles. The lowest BCUT2D eigenvalue weighted by Gasteiger charge is -2.25. The van der Waals surface area contributed by atoms with E-state index in [9.17, 15) is 4.39 Å². The number of benzene rings is 2. The van der Waals surface area contributed by atoms with Crippen molar-refractivity contribution in [1.82, 2.24) is 9.88 Å². The Kier molecular flexibility index (Phi) is 3.80. The molecule has 1 atom stereocenters. The van der Waals surface area contributed by atoms with Crippen LogP contribution in [0.5, 0.6) is 0 Å². The van der Waals surface area contributed by atoms with Gasteiger partial charge < -0.3 is 0 Å². The average Bonchev–Trinajstić information content (AvgIpc) is 3.04. The molecule has 1 aromatic heterocycles. The third-order valence-electron chi connectivity index (χ3n) is 4.71. The molecule has 0 bridgehead atoms. The number of para-hydroxylation sites is 1. The minimum absolute atomic E-state index is 0.170. The van der Waals surface area contributed by atoms with Crippen LogP contribution in [0.25, 0.3) is 10.9 Å². The van der Waals surface area contributed by atoms with Gasteiger partial charge in [-0.05, 0) is 48.7 Å². The highest BCUT2D eigenvalue weighted by Crippen LogP contribution is 2.34. The number of halogens is 1. The molecule has 116 valence electrons. The van der Waals surface area contributed by atoms with Gasteiger partial charge >= 0.3 is 0 Å². The average molecular weight is 306 g/mol. The lowest BCUT2D eigenvalue weighted by atomic mass is 10.0. The van der Waals surface area contributed by atoms with Crippen molar-refractivity contribution < 1.29 is 4.39 Å². The van der Waals surface area contributed by atoms with Gasteiger partial charge in [-0.15, -0.1) is 0 Å². The number of fused-ring (bicyclic) bond motifs is 1. The van der Waals surface area contributed by atoms with Crippen LogP contribution < -0.4 is 0 Å². The van der Waals surface area contributed by atoms with E-state index in [-0.39, 0.29) is 5.82 Å². The highest BCUT2D eigenvalue weighted by molar-refractivity contribution is 5.81. The fourth-order valence-electron chi connectivity index (χ4n) is 3.59. The number of rotatable bonds is 3. The molecular weight excluding hydrogens is 287 g/mol. The minimum atomic E-state index is -0.170. The van der Waals surface area contributed by atoms with E-state index in [1.165, 1.54) is 22.9 Å². The first-order valence-corrected chi connectivity index (χ1v) is 8.13. The minimum Gasteiger partial charge on any atom is -0.292 e. The summed E-state index contributed by atoms with van der Waals surface area (Å²) in [7, 11) is 0. The first-order valence-electron chi connectivity index (χ1n) is 8.13. The summed E-state index contributed by atoms with van der Waals surface area (Å²) in [4.78, 5) is 7.04. The van der Waals surface area contributed by atoms with E-state index in [1.807, 2.05) is 24.4 Å². The van der Waals surface area contributed by atoms with Gasteiger partial charge in [0.05, 0.1) is 5.52 Å². The fourth-order valence-corrected chi connectivity index (χ4v) is 3.59. The Morgan fingerprint density at radius 1 is 1.04 bits per heavy atom. The molecule has 0 spiro atoms. The molecule has 2 heterocycles. The van der Waals surface area contributed by atoms with Crippen molar-refractivity contribution in [2.45, 2.75) is 25.4 Å². The normalized spacial score (nSPS) is 18.6. The van der Waals surface area contributed by atoms with Gasteiger partial charge in [0.2, 0.25) is 0 Å². The summed E-state index contributed by atoms with van der Waals surface area (Å²) in [6.07, 6.45) is 4.16. The van der Waals surface area contributed by atoms with Crippen LogP contribution in [0.1, 0.15) is 30.0 Å². The number of nitrogens with zero attached hydrogens (tertiary/aromatic N) is 2. The van der Waals surface area contributed by atoms with Crippen molar-refractivity contribution in [3.63, 3.8) is 0 Å². The van der Waals surface area contributed by atoms with Gasteiger partial charge in [-0.2, -0.15) is 0 Å². The van der Waals surface area contributed by atoms with Crippen LogP contribution in [-0.4, -0.2) is 16.4 Å². The Hall–Kier alpha value is -2.26. The van der Waals surface area contributed by atoms with Crippen LogP contribution in [0, 0.1) is 5.82 Å². The molecule has 0 saturated carbocycles.